The van der Waals surface area contributed by atoms with Gasteiger partial charge in [0, 0.05) is 30.6 Å². The van der Waals surface area contributed by atoms with Crippen LogP contribution in [0.25, 0.3) is 0 Å². The summed E-state index contributed by atoms with van der Waals surface area (Å²) >= 11 is 2.07. The maximum atomic E-state index is 4.36. The molecule has 1 unspecified atom stereocenters. The lowest BCUT2D eigenvalue weighted by atomic mass is 10.2. The van der Waals surface area contributed by atoms with Crippen molar-refractivity contribution in [3.8, 4) is 0 Å². The molecule has 2 nitrogen and oxygen atoms in total. The van der Waals surface area contributed by atoms with Crippen LogP contribution in [0.15, 0.2) is 12.4 Å². The third kappa shape index (κ3) is 1.90. The molecular weight excluding hydrogens is 180 g/mol. The van der Waals surface area contributed by atoms with Gasteiger partial charge in [0.2, 0.25) is 0 Å². The maximum Gasteiger partial charge on any atom is 0.108 e. The van der Waals surface area contributed by atoms with E-state index in [0.29, 0.717) is 6.04 Å². The summed E-state index contributed by atoms with van der Waals surface area (Å²) in [5, 5.41) is 0. The highest BCUT2D eigenvalue weighted by Gasteiger charge is 2.16. The lowest BCUT2D eigenvalue weighted by Gasteiger charge is -2.24. The van der Waals surface area contributed by atoms with Crippen molar-refractivity contribution in [3.05, 3.63) is 18.2 Å². The van der Waals surface area contributed by atoms with Gasteiger partial charge in [-0.1, -0.05) is 6.92 Å². The predicted molar refractivity (Wildman–Crippen MR) is 57.2 cm³/mol. The third-order valence-corrected chi connectivity index (χ3v) is 3.79. The van der Waals surface area contributed by atoms with E-state index in [9.17, 15) is 0 Å². The SMILES string of the molecule is CCc1nccn1C1CCCSC1. The van der Waals surface area contributed by atoms with Crippen molar-refractivity contribution >= 4 is 11.8 Å². The number of thioether (sulfide) groups is 1. The quantitative estimate of drug-likeness (QED) is 0.723. The van der Waals surface area contributed by atoms with Crippen molar-refractivity contribution in [2.24, 2.45) is 0 Å². The zero-order valence-electron chi connectivity index (χ0n) is 8.07. The van der Waals surface area contributed by atoms with Crippen LogP contribution in [0.2, 0.25) is 0 Å². The summed E-state index contributed by atoms with van der Waals surface area (Å²) in [6.45, 7) is 2.18. The first-order chi connectivity index (χ1) is 6.42. The Kier molecular flexibility index (Phi) is 2.94. The molecule has 0 amide bonds. The molecule has 0 saturated carbocycles. The largest absolute Gasteiger partial charge is 0.331 e. The van der Waals surface area contributed by atoms with Crippen molar-refractivity contribution < 1.29 is 0 Å². The Morgan fingerprint density at radius 3 is 3.31 bits per heavy atom. The van der Waals surface area contributed by atoms with Gasteiger partial charge in [-0.2, -0.15) is 11.8 Å². The van der Waals surface area contributed by atoms with Gasteiger partial charge in [0.15, 0.2) is 0 Å². The molecule has 0 bridgehead atoms. The van der Waals surface area contributed by atoms with E-state index in [2.05, 4.69) is 34.4 Å². The zero-order chi connectivity index (χ0) is 9.10. The summed E-state index contributed by atoms with van der Waals surface area (Å²) in [5.41, 5.74) is 0. The molecule has 2 rings (SSSR count). The number of aromatic nitrogens is 2. The monoisotopic (exact) mass is 196 g/mol. The Hall–Kier alpha value is -0.440. The van der Waals surface area contributed by atoms with E-state index in [1.807, 2.05) is 6.20 Å². The molecule has 1 atom stereocenters. The second kappa shape index (κ2) is 4.18. The fourth-order valence-corrected chi connectivity index (χ4v) is 3.03. The number of nitrogens with zero attached hydrogens (tertiary/aromatic N) is 2. The van der Waals surface area contributed by atoms with Gasteiger partial charge >= 0.3 is 0 Å². The molecule has 1 aliphatic heterocycles. The Morgan fingerprint density at radius 2 is 2.62 bits per heavy atom. The van der Waals surface area contributed by atoms with Crippen LogP contribution in [0.4, 0.5) is 0 Å². The van der Waals surface area contributed by atoms with Crippen LogP contribution >= 0.6 is 11.8 Å². The highest BCUT2D eigenvalue weighted by Crippen LogP contribution is 2.27. The molecular formula is C10H16N2S. The smallest absolute Gasteiger partial charge is 0.108 e. The van der Waals surface area contributed by atoms with Crippen LogP contribution in [0, 0.1) is 0 Å². The first kappa shape index (κ1) is 9.13. The second-order valence-corrected chi connectivity index (χ2v) is 4.63. The molecule has 0 radical (unpaired) electrons. The van der Waals surface area contributed by atoms with Gasteiger partial charge in [0.05, 0.1) is 0 Å². The van der Waals surface area contributed by atoms with Crippen molar-refractivity contribution in [2.75, 3.05) is 11.5 Å². The van der Waals surface area contributed by atoms with Crippen LogP contribution in [0.1, 0.15) is 31.6 Å². The number of aryl methyl sites for hydroxylation is 1. The molecule has 13 heavy (non-hydrogen) atoms. The topological polar surface area (TPSA) is 17.8 Å². The highest BCUT2D eigenvalue weighted by atomic mass is 32.2. The van der Waals surface area contributed by atoms with Crippen LogP contribution in [-0.4, -0.2) is 21.1 Å². The minimum atomic E-state index is 0.705. The summed E-state index contributed by atoms with van der Waals surface area (Å²) in [6.07, 6.45) is 7.80. The zero-order valence-corrected chi connectivity index (χ0v) is 8.89. The lowest BCUT2D eigenvalue weighted by molar-refractivity contribution is 0.483. The Balaban J connectivity index is 2.13. The molecule has 0 spiro atoms. The van der Waals surface area contributed by atoms with Crippen LogP contribution < -0.4 is 0 Å². The number of imidazole rings is 1. The molecule has 0 aromatic carbocycles. The van der Waals surface area contributed by atoms with Gasteiger partial charge < -0.3 is 4.57 Å². The average molecular weight is 196 g/mol. The fourth-order valence-electron chi connectivity index (χ4n) is 1.89. The first-order valence-electron chi connectivity index (χ1n) is 5.01. The van der Waals surface area contributed by atoms with Gasteiger partial charge in [-0.25, -0.2) is 4.98 Å². The molecule has 1 aliphatic rings. The Labute approximate surface area is 83.7 Å². The maximum absolute atomic E-state index is 4.36. The normalized spacial score (nSPS) is 23.3. The molecule has 3 heteroatoms. The van der Waals surface area contributed by atoms with Crippen LogP contribution in [-0.2, 0) is 6.42 Å². The van der Waals surface area contributed by atoms with E-state index < -0.39 is 0 Å². The summed E-state index contributed by atoms with van der Waals surface area (Å²) in [4.78, 5) is 4.36. The molecule has 0 N–H and O–H groups in total. The van der Waals surface area contributed by atoms with Gasteiger partial charge in [0.25, 0.3) is 0 Å². The first-order valence-corrected chi connectivity index (χ1v) is 6.16. The number of hydrogen-bond donors (Lipinski definition) is 0. The fraction of sp³-hybridized carbons (Fsp3) is 0.700. The molecule has 1 aromatic rings. The summed E-state index contributed by atoms with van der Waals surface area (Å²) in [7, 11) is 0. The van der Waals surface area contributed by atoms with E-state index >= 15 is 0 Å². The van der Waals surface area contributed by atoms with Crippen molar-refractivity contribution in [1.29, 1.82) is 0 Å². The third-order valence-electron chi connectivity index (χ3n) is 2.59. The lowest BCUT2D eigenvalue weighted by Crippen LogP contribution is -2.17. The van der Waals surface area contributed by atoms with E-state index in [0.717, 1.165) is 6.42 Å². The highest BCUT2D eigenvalue weighted by molar-refractivity contribution is 7.99. The average Bonchev–Trinajstić information content (AvgIpc) is 2.67. The van der Waals surface area contributed by atoms with Crippen molar-refractivity contribution in [1.82, 2.24) is 9.55 Å². The van der Waals surface area contributed by atoms with Gasteiger partial charge in [-0.3, -0.25) is 0 Å². The van der Waals surface area contributed by atoms with Crippen LogP contribution in [0.3, 0.4) is 0 Å². The molecule has 2 heterocycles. The standard InChI is InChI=1S/C10H16N2S/c1-2-10-11-5-6-12(10)9-4-3-7-13-8-9/h5-6,9H,2-4,7-8H2,1H3. The van der Waals surface area contributed by atoms with E-state index in [-0.39, 0.29) is 0 Å². The minimum absolute atomic E-state index is 0.705. The predicted octanol–water partition coefficient (Wildman–Crippen LogP) is 2.51. The summed E-state index contributed by atoms with van der Waals surface area (Å²) < 4.78 is 2.37. The van der Waals surface area contributed by atoms with Crippen molar-refractivity contribution in [2.45, 2.75) is 32.2 Å². The minimum Gasteiger partial charge on any atom is -0.331 e. The summed E-state index contributed by atoms with van der Waals surface area (Å²) in [6, 6.07) is 0.705. The molecule has 1 saturated heterocycles. The van der Waals surface area contributed by atoms with Crippen LogP contribution in [0.5, 0.6) is 0 Å². The molecule has 1 fully saturated rings. The number of hydrogen-bond acceptors (Lipinski definition) is 2. The van der Waals surface area contributed by atoms with E-state index in [1.165, 1.54) is 30.2 Å². The van der Waals surface area contributed by atoms with E-state index in [1.54, 1.807) is 0 Å². The molecule has 0 aliphatic carbocycles. The molecule has 1 aromatic heterocycles. The second-order valence-electron chi connectivity index (χ2n) is 3.48. The van der Waals surface area contributed by atoms with Gasteiger partial charge in [0.1, 0.15) is 5.82 Å². The van der Waals surface area contributed by atoms with Gasteiger partial charge in [-0.05, 0) is 18.6 Å². The van der Waals surface area contributed by atoms with Gasteiger partial charge in [-0.15, -0.1) is 0 Å². The Bertz CT molecular complexity index is 264. The number of rotatable bonds is 2. The Morgan fingerprint density at radius 1 is 1.69 bits per heavy atom. The van der Waals surface area contributed by atoms with E-state index in [4.69, 9.17) is 0 Å². The van der Waals surface area contributed by atoms with Crippen molar-refractivity contribution in [3.63, 3.8) is 0 Å². The summed E-state index contributed by atoms with van der Waals surface area (Å²) in [5.74, 6) is 3.85. The molecule has 72 valence electrons.